The molecule has 0 saturated carbocycles. The number of ether oxygens (including phenoxy) is 3. The molecule has 4 aromatic rings. The van der Waals surface area contributed by atoms with Gasteiger partial charge in [0.25, 0.3) is 5.91 Å². The van der Waals surface area contributed by atoms with Crippen LogP contribution in [0.25, 0.3) is 22.3 Å². The molecule has 3 aliphatic heterocycles. The first-order valence-corrected chi connectivity index (χ1v) is 23.7. The second-order valence-electron chi connectivity index (χ2n) is 18.2. The second kappa shape index (κ2) is 16.2. The molecule has 3 atom stereocenters. The number of piperidine rings is 1. The van der Waals surface area contributed by atoms with Crippen molar-refractivity contribution in [2.24, 2.45) is 0 Å². The lowest BCUT2D eigenvalue weighted by Crippen LogP contribution is -2.57. The lowest BCUT2D eigenvalue weighted by Gasteiger charge is -2.41. The molecule has 56 heavy (non-hydrogen) atoms. The molecule has 0 aliphatic carbocycles. The fraction of sp³-hybridized carbons (Fsp3) is 0.548. The van der Waals surface area contributed by atoms with E-state index >= 15 is 0 Å². The summed E-state index contributed by atoms with van der Waals surface area (Å²) in [7, 11) is -1.26. The zero-order valence-corrected chi connectivity index (χ0v) is 35.1. The van der Waals surface area contributed by atoms with Crippen molar-refractivity contribution in [1.82, 2.24) is 29.7 Å². The second-order valence-corrected chi connectivity index (χ2v) is 23.8. The first kappa shape index (κ1) is 39.8. The number of nitrogens with one attached hydrogen (secondary N) is 2. The molecule has 1 aromatic carbocycles. The molecule has 0 spiro atoms. The summed E-state index contributed by atoms with van der Waals surface area (Å²) in [4.78, 5) is 44.8. The van der Waals surface area contributed by atoms with Crippen LogP contribution in [0.15, 0.2) is 55.0 Å². The normalized spacial score (nSPS) is 21.7. The third-order valence-electron chi connectivity index (χ3n) is 10.9. The third-order valence-corrected chi connectivity index (χ3v) is 12.6. The maximum Gasteiger partial charge on any atom is 0.408 e. The van der Waals surface area contributed by atoms with Crippen molar-refractivity contribution in [2.75, 3.05) is 43.1 Å². The van der Waals surface area contributed by atoms with Crippen molar-refractivity contribution in [3.8, 4) is 11.3 Å². The highest BCUT2D eigenvalue weighted by molar-refractivity contribution is 6.76. The first-order chi connectivity index (χ1) is 26.6. The van der Waals surface area contributed by atoms with Crippen LogP contribution in [0.3, 0.4) is 0 Å². The molecule has 7 rings (SSSR count). The van der Waals surface area contributed by atoms with E-state index in [-0.39, 0.29) is 5.91 Å². The number of anilines is 2. The van der Waals surface area contributed by atoms with Gasteiger partial charge in [-0.15, -0.1) is 0 Å². The predicted molar refractivity (Wildman–Crippen MR) is 222 cm³/mol. The van der Waals surface area contributed by atoms with E-state index in [1.807, 2.05) is 57.2 Å². The van der Waals surface area contributed by atoms with E-state index in [1.165, 1.54) is 0 Å². The van der Waals surface area contributed by atoms with Crippen LogP contribution >= 0.6 is 0 Å². The van der Waals surface area contributed by atoms with Crippen LogP contribution in [0.4, 0.5) is 16.3 Å². The molecule has 13 nitrogen and oxygen atoms in total. The van der Waals surface area contributed by atoms with Gasteiger partial charge < -0.3 is 34.3 Å². The Bertz CT molecular complexity index is 2010. The summed E-state index contributed by atoms with van der Waals surface area (Å²) in [5, 5.41) is 7.14. The van der Waals surface area contributed by atoms with Crippen molar-refractivity contribution in [1.29, 1.82) is 0 Å². The molecule has 2 amide bonds. The van der Waals surface area contributed by atoms with E-state index in [2.05, 4.69) is 62.6 Å². The zero-order valence-electron chi connectivity index (χ0n) is 34.1. The topological polar surface area (TPSA) is 136 Å². The molecule has 3 aromatic heterocycles. The Kier molecular flexibility index (Phi) is 11.6. The lowest BCUT2D eigenvalue weighted by atomic mass is 9.91. The number of alkyl carbamates (subject to hydrolysis) is 1. The minimum Gasteiger partial charge on any atom is -0.444 e. The molecule has 2 bridgehead atoms. The van der Waals surface area contributed by atoms with Crippen LogP contribution < -0.4 is 15.5 Å². The monoisotopic (exact) mass is 782 g/mol. The van der Waals surface area contributed by atoms with Gasteiger partial charge in [0.15, 0.2) is 0 Å². The average Bonchev–Trinajstić information content (AvgIpc) is 3.61. The number of likely N-dealkylation sites (tertiary alicyclic amines) is 1. The maximum absolute atomic E-state index is 13.5. The first-order valence-electron chi connectivity index (χ1n) is 20.0. The van der Waals surface area contributed by atoms with Gasteiger partial charge in [-0.05, 0) is 107 Å². The van der Waals surface area contributed by atoms with Crippen LogP contribution in [-0.2, 0) is 27.5 Å². The minimum atomic E-state index is -1.26. The number of aromatic nitrogens is 4. The standard InChI is InChI=1S/C42H58N8O5Si/c1-41(2,3)55-40(52)47-42(4)16-8-18-48(26-42)23-29-15-17-43-35(21-29)39(51)46-31-11-9-30(10-12-31)36-22-34-37(49(36)28-53-19-20-56(5,6)7)44-27-45-38(34)50-32-13-14-33(50)25-54-24-32/h9-12,15,17,21-22,27,32-33H,8,13-14,16,18-20,23-26,28H2,1-7H3,(H,46,51)(H,47,52)/t32?,33?,42-/m1/s1. The fourth-order valence-electron chi connectivity index (χ4n) is 8.14. The summed E-state index contributed by atoms with van der Waals surface area (Å²) < 4.78 is 19.9. The molecule has 3 fully saturated rings. The number of hydrogen-bond acceptors (Lipinski definition) is 10. The SMILES string of the molecule is CC(C)(C)OC(=O)N[C@]1(C)CCCN(Cc2ccnc(C(=O)Nc3ccc(-c4cc5c(N6C7CCC6COC7)ncnc5n4COCC[Si](C)(C)C)cc3)c2)C1. The summed E-state index contributed by atoms with van der Waals surface area (Å²) in [6, 6.07) is 15.6. The molecule has 2 N–H and O–H groups in total. The van der Waals surface area contributed by atoms with E-state index in [0.717, 1.165) is 85.2 Å². The Hall–Kier alpha value is -4.37. The summed E-state index contributed by atoms with van der Waals surface area (Å²) in [5.41, 5.74) is 3.85. The van der Waals surface area contributed by atoms with E-state index < -0.39 is 25.3 Å². The lowest BCUT2D eigenvalue weighted by molar-refractivity contribution is 0.0382. The van der Waals surface area contributed by atoms with E-state index in [1.54, 1.807) is 12.5 Å². The largest absolute Gasteiger partial charge is 0.444 e. The van der Waals surface area contributed by atoms with E-state index in [0.29, 0.717) is 49.9 Å². The number of pyridine rings is 1. The maximum atomic E-state index is 13.5. The molecule has 300 valence electrons. The molecule has 14 heteroatoms. The summed E-state index contributed by atoms with van der Waals surface area (Å²) in [6.45, 7) is 19.4. The number of rotatable bonds is 12. The Morgan fingerprint density at radius 1 is 1.02 bits per heavy atom. The molecule has 6 heterocycles. The van der Waals surface area contributed by atoms with Crippen LogP contribution in [0.5, 0.6) is 0 Å². The Balaban J connectivity index is 1.05. The van der Waals surface area contributed by atoms with Crippen LogP contribution in [0.2, 0.25) is 25.7 Å². The number of benzene rings is 1. The number of carbonyl (C=O) groups is 2. The van der Waals surface area contributed by atoms with Crippen molar-refractivity contribution < 1.29 is 23.8 Å². The quantitative estimate of drug-likeness (QED) is 0.111. The van der Waals surface area contributed by atoms with Gasteiger partial charge in [0.05, 0.1) is 41.9 Å². The molecule has 0 radical (unpaired) electrons. The summed E-state index contributed by atoms with van der Waals surface area (Å²) in [6.07, 6.45) is 6.96. The zero-order chi connectivity index (χ0) is 39.7. The minimum absolute atomic E-state index is 0.278. The van der Waals surface area contributed by atoms with Crippen molar-refractivity contribution in [2.45, 2.75) is 116 Å². The van der Waals surface area contributed by atoms with Gasteiger partial charge in [-0.25, -0.2) is 14.8 Å². The molecule has 2 unspecified atom stereocenters. The number of nitrogens with zero attached hydrogens (tertiary/aromatic N) is 6. The smallest absolute Gasteiger partial charge is 0.408 e. The third kappa shape index (κ3) is 9.59. The molecular formula is C42H58N8O5Si. The van der Waals surface area contributed by atoms with Gasteiger partial charge >= 0.3 is 6.09 Å². The number of amides is 2. The van der Waals surface area contributed by atoms with E-state index in [4.69, 9.17) is 24.2 Å². The van der Waals surface area contributed by atoms with E-state index in [9.17, 15) is 9.59 Å². The highest BCUT2D eigenvalue weighted by atomic mass is 28.3. The fourth-order valence-corrected chi connectivity index (χ4v) is 8.90. The van der Waals surface area contributed by atoms with Crippen LogP contribution in [0.1, 0.15) is 69.4 Å². The van der Waals surface area contributed by atoms with Gasteiger partial charge in [-0.3, -0.25) is 14.7 Å². The highest BCUT2D eigenvalue weighted by Crippen LogP contribution is 2.39. The Morgan fingerprint density at radius 3 is 2.48 bits per heavy atom. The van der Waals surface area contributed by atoms with Gasteiger partial charge in [0.1, 0.15) is 35.8 Å². The molecular weight excluding hydrogens is 725 g/mol. The number of carbonyl (C=O) groups excluding carboxylic acids is 2. The van der Waals surface area contributed by atoms with Crippen LogP contribution in [-0.4, -0.2) is 101 Å². The Morgan fingerprint density at radius 2 is 1.77 bits per heavy atom. The number of hydrogen-bond donors (Lipinski definition) is 2. The van der Waals surface area contributed by atoms with Gasteiger partial charge in [0, 0.05) is 39.7 Å². The van der Waals surface area contributed by atoms with Crippen LogP contribution in [0, 0.1) is 0 Å². The van der Waals surface area contributed by atoms with Crippen molar-refractivity contribution >= 4 is 42.6 Å². The van der Waals surface area contributed by atoms with Crippen molar-refractivity contribution in [3.05, 3.63) is 66.2 Å². The summed E-state index contributed by atoms with van der Waals surface area (Å²) in [5.74, 6) is 0.679. The van der Waals surface area contributed by atoms with Gasteiger partial charge in [0.2, 0.25) is 0 Å². The predicted octanol–water partition coefficient (Wildman–Crippen LogP) is 7.30. The number of fused-ring (bicyclic) bond motifs is 3. The number of morpholine rings is 1. The summed E-state index contributed by atoms with van der Waals surface area (Å²) >= 11 is 0. The highest BCUT2D eigenvalue weighted by Gasteiger charge is 2.39. The van der Waals surface area contributed by atoms with Gasteiger partial charge in [-0.1, -0.05) is 31.8 Å². The molecule has 3 saturated heterocycles. The average molecular weight is 783 g/mol. The van der Waals surface area contributed by atoms with Crippen molar-refractivity contribution in [3.63, 3.8) is 0 Å². The Labute approximate surface area is 331 Å². The van der Waals surface area contributed by atoms with Gasteiger partial charge in [-0.2, -0.15) is 0 Å². The molecule has 3 aliphatic rings.